The van der Waals surface area contributed by atoms with Crippen LogP contribution in [0.25, 0.3) is 0 Å². The Balaban J connectivity index is 1.77. The zero-order valence-electron chi connectivity index (χ0n) is 12.0. The normalized spacial score (nSPS) is 10.1. The molecule has 2 N–H and O–H groups in total. The van der Waals surface area contributed by atoms with E-state index >= 15 is 0 Å². The fraction of sp³-hybridized carbons (Fsp3) is 0.214. The van der Waals surface area contributed by atoms with E-state index in [1.54, 1.807) is 13.8 Å². The molecule has 0 fully saturated rings. The fourth-order valence-electron chi connectivity index (χ4n) is 1.67. The van der Waals surface area contributed by atoms with Gasteiger partial charge in [0, 0.05) is 0 Å². The predicted octanol–water partition coefficient (Wildman–Crippen LogP) is 1.11. The van der Waals surface area contributed by atoms with E-state index < -0.39 is 24.4 Å². The highest BCUT2D eigenvalue weighted by Crippen LogP contribution is 2.14. The molecule has 0 aromatic carbocycles. The van der Waals surface area contributed by atoms with E-state index in [2.05, 4.69) is 10.9 Å². The minimum atomic E-state index is -0.689. The molecule has 0 spiro atoms. The van der Waals surface area contributed by atoms with Gasteiger partial charge >= 0.3 is 11.9 Å². The zero-order chi connectivity index (χ0) is 16.1. The van der Waals surface area contributed by atoms with Crippen molar-refractivity contribution < 1.29 is 28.0 Å². The molecule has 116 valence electrons. The summed E-state index contributed by atoms with van der Waals surface area (Å²) >= 11 is 0. The van der Waals surface area contributed by atoms with Gasteiger partial charge in [0.25, 0.3) is 5.91 Å². The van der Waals surface area contributed by atoms with Crippen LogP contribution in [0, 0.1) is 13.8 Å². The van der Waals surface area contributed by atoms with Crippen molar-refractivity contribution in [3.05, 3.63) is 47.3 Å². The first-order valence-electron chi connectivity index (χ1n) is 6.34. The molecule has 2 heterocycles. The number of hydrazine groups is 1. The number of rotatable bonds is 4. The summed E-state index contributed by atoms with van der Waals surface area (Å²) in [5.74, 6) is -0.964. The Hall–Kier alpha value is -3.03. The second-order valence-corrected chi connectivity index (χ2v) is 4.38. The first-order valence-corrected chi connectivity index (χ1v) is 6.34. The third kappa shape index (κ3) is 3.75. The lowest BCUT2D eigenvalue weighted by Crippen LogP contribution is -2.43. The molecule has 0 aliphatic rings. The van der Waals surface area contributed by atoms with Crippen LogP contribution in [-0.2, 0) is 9.53 Å². The Morgan fingerprint density at radius 1 is 1.23 bits per heavy atom. The minimum absolute atomic E-state index is 0.0433. The molecule has 0 atom stereocenters. The quantitative estimate of drug-likeness (QED) is 0.646. The van der Waals surface area contributed by atoms with E-state index in [1.165, 1.54) is 24.5 Å². The summed E-state index contributed by atoms with van der Waals surface area (Å²) in [6.07, 6.45) is 1.33. The van der Waals surface area contributed by atoms with Gasteiger partial charge in [0.2, 0.25) is 0 Å². The lowest BCUT2D eigenvalue weighted by Gasteiger charge is -2.06. The number of aryl methyl sites for hydroxylation is 2. The molecule has 8 heteroatoms. The Morgan fingerprint density at radius 2 is 2.00 bits per heavy atom. The average Bonchev–Trinajstić information content (AvgIpc) is 3.11. The molecule has 2 amide bonds. The zero-order valence-corrected chi connectivity index (χ0v) is 12.0. The van der Waals surface area contributed by atoms with Crippen LogP contribution >= 0.6 is 0 Å². The number of ether oxygens (including phenoxy) is 1. The molecule has 0 bridgehead atoms. The number of carbonyl (C=O) groups is 3. The van der Waals surface area contributed by atoms with Gasteiger partial charge in [-0.3, -0.25) is 20.4 Å². The summed E-state index contributed by atoms with van der Waals surface area (Å²) < 4.78 is 14.9. The van der Waals surface area contributed by atoms with Crippen LogP contribution in [0.4, 0.5) is 0 Å². The Morgan fingerprint density at radius 3 is 2.59 bits per heavy atom. The van der Waals surface area contributed by atoms with Gasteiger partial charge in [-0.1, -0.05) is 0 Å². The molecule has 0 saturated carbocycles. The van der Waals surface area contributed by atoms with E-state index in [4.69, 9.17) is 13.6 Å². The van der Waals surface area contributed by atoms with Crippen molar-refractivity contribution in [3.63, 3.8) is 0 Å². The van der Waals surface area contributed by atoms with Crippen molar-refractivity contribution in [2.75, 3.05) is 6.61 Å². The van der Waals surface area contributed by atoms with Crippen LogP contribution in [-0.4, -0.2) is 24.4 Å². The predicted molar refractivity (Wildman–Crippen MR) is 72.8 cm³/mol. The second kappa shape index (κ2) is 6.61. The average molecular weight is 306 g/mol. The fourth-order valence-corrected chi connectivity index (χ4v) is 1.67. The van der Waals surface area contributed by atoms with Gasteiger partial charge in [-0.05, 0) is 32.0 Å². The summed E-state index contributed by atoms with van der Waals surface area (Å²) in [5, 5.41) is 0. The molecule has 0 aliphatic heterocycles. The van der Waals surface area contributed by atoms with Gasteiger partial charge in [-0.25, -0.2) is 4.79 Å². The maximum Gasteiger partial charge on any atom is 0.342 e. The van der Waals surface area contributed by atoms with Crippen LogP contribution in [0.3, 0.4) is 0 Å². The first kappa shape index (κ1) is 15.4. The van der Waals surface area contributed by atoms with Gasteiger partial charge in [0.05, 0.1) is 6.26 Å². The Kier molecular flexibility index (Phi) is 4.62. The number of esters is 1. The molecule has 8 nitrogen and oxygen atoms in total. The summed E-state index contributed by atoms with van der Waals surface area (Å²) in [6, 6.07) is 4.49. The van der Waals surface area contributed by atoms with Gasteiger partial charge in [-0.2, -0.15) is 0 Å². The monoisotopic (exact) mass is 306 g/mol. The topological polar surface area (TPSA) is 111 Å². The maximum atomic E-state index is 11.7. The molecule has 22 heavy (non-hydrogen) atoms. The van der Waals surface area contributed by atoms with Crippen molar-refractivity contribution in [1.29, 1.82) is 0 Å². The number of carbonyl (C=O) groups excluding carboxylic acids is 3. The SMILES string of the molecule is Cc1cc(C(=O)OCC(=O)NNC(=O)c2ccco2)c(C)o1. The van der Waals surface area contributed by atoms with Crippen LogP contribution in [0.5, 0.6) is 0 Å². The van der Waals surface area contributed by atoms with Crippen molar-refractivity contribution in [2.45, 2.75) is 13.8 Å². The van der Waals surface area contributed by atoms with Gasteiger partial charge in [-0.15, -0.1) is 0 Å². The van der Waals surface area contributed by atoms with Crippen molar-refractivity contribution >= 4 is 17.8 Å². The maximum absolute atomic E-state index is 11.7. The third-order valence-corrected chi connectivity index (χ3v) is 2.66. The van der Waals surface area contributed by atoms with E-state index in [0.29, 0.717) is 11.5 Å². The van der Waals surface area contributed by atoms with Crippen LogP contribution in [0.2, 0.25) is 0 Å². The number of nitrogens with one attached hydrogen (secondary N) is 2. The Bertz CT molecular complexity index is 686. The molecule has 0 aliphatic carbocycles. The lowest BCUT2D eigenvalue weighted by atomic mass is 10.2. The van der Waals surface area contributed by atoms with Crippen LogP contribution in [0.1, 0.15) is 32.4 Å². The molecule has 0 radical (unpaired) electrons. The number of hydrogen-bond acceptors (Lipinski definition) is 6. The molecule has 2 aromatic heterocycles. The summed E-state index contributed by atoms with van der Waals surface area (Å²) in [4.78, 5) is 34.7. The smallest absolute Gasteiger partial charge is 0.342 e. The highest BCUT2D eigenvalue weighted by Gasteiger charge is 2.16. The summed E-state index contributed by atoms with van der Waals surface area (Å²) in [5.41, 5.74) is 4.47. The molecular formula is C14H14N2O6. The number of hydrogen-bond donors (Lipinski definition) is 2. The minimum Gasteiger partial charge on any atom is -0.466 e. The first-order chi connectivity index (χ1) is 10.5. The molecule has 0 saturated heterocycles. The highest BCUT2D eigenvalue weighted by molar-refractivity contribution is 5.94. The number of amides is 2. The van der Waals surface area contributed by atoms with Gasteiger partial charge < -0.3 is 13.6 Å². The van der Waals surface area contributed by atoms with E-state index in [9.17, 15) is 14.4 Å². The summed E-state index contributed by atoms with van der Waals surface area (Å²) in [7, 11) is 0. The van der Waals surface area contributed by atoms with Gasteiger partial charge in [0.15, 0.2) is 12.4 Å². The van der Waals surface area contributed by atoms with Crippen LogP contribution in [0.15, 0.2) is 33.3 Å². The van der Waals surface area contributed by atoms with Crippen molar-refractivity contribution in [1.82, 2.24) is 10.9 Å². The largest absolute Gasteiger partial charge is 0.466 e. The van der Waals surface area contributed by atoms with Crippen molar-refractivity contribution in [2.24, 2.45) is 0 Å². The summed E-state index contributed by atoms with van der Waals surface area (Å²) in [6.45, 7) is 2.77. The third-order valence-electron chi connectivity index (χ3n) is 2.66. The Labute approximate surface area is 125 Å². The molecule has 0 unspecified atom stereocenters. The molecule has 2 rings (SSSR count). The van der Waals surface area contributed by atoms with E-state index in [0.717, 1.165) is 0 Å². The molecular weight excluding hydrogens is 292 g/mol. The van der Waals surface area contributed by atoms with Gasteiger partial charge in [0.1, 0.15) is 17.1 Å². The second-order valence-electron chi connectivity index (χ2n) is 4.38. The number of furan rings is 2. The highest BCUT2D eigenvalue weighted by atomic mass is 16.5. The van der Waals surface area contributed by atoms with E-state index in [-0.39, 0.29) is 11.3 Å². The lowest BCUT2D eigenvalue weighted by molar-refractivity contribution is -0.125. The van der Waals surface area contributed by atoms with E-state index in [1.807, 2.05) is 0 Å². The molecule has 2 aromatic rings. The van der Waals surface area contributed by atoms with Crippen LogP contribution < -0.4 is 10.9 Å². The standard InChI is InChI=1S/C14H14N2O6/c1-8-6-10(9(2)22-8)14(19)21-7-12(17)15-16-13(18)11-4-3-5-20-11/h3-6H,7H2,1-2H3,(H,15,17)(H,16,18). The van der Waals surface area contributed by atoms with Crippen molar-refractivity contribution in [3.8, 4) is 0 Å².